The first-order valence-electron chi connectivity index (χ1n) is 6.62. The number of methoxy groups -OCH3 is 1. The lowest BCUT2D eigenvalue weighted by Gasteiger charge is -2.35. The molecule has 0 spiro atoms. The summed E-state index contributed by atoms with van der Waals surface area (Å²) in [7, 11) is 1.34. The SMILES string of the molecule is CCN1C(=O)N[C@H](c2ccccc2Br)C(C(=O)OC)=C1C. The third-order valence-corrected chi connectivity index (χ3v) is 4.26. The van der Waals surface area contributed by atoms with Gasteiger partial charge in [0.05, 0.1) is 18.7 Å². The summed E-state index contributed by atoms with van der Waals surface area (Å²) < 4.78 is 5.72. The Morgan fingerprint density at radius 1 is 1.43 bits per heavy atom. The van der Waals surface area contributed by atoms with Gasteiger partial charge in [0.15, 0.2) is 0 Å². The minimum Gasteiger partial charge on any atom is -0.466 e. The van der Waals surface area contributed by atoms with Crippen LogP contribution < -0.4 is 5.32 Å². The summed E-state index contributed by atoms with van der Waals surface area (Å²) >= 11 is 3.46. The van der Waals surface area contributed by atoms with E-state index in [0.29, 0.717) is 17.8 Å². The fraction of sp³-hybridized carbons (Fsp3) is 0.333. The molecule has 0 fully saturated rings. The molecule has 2 rings (SSSR count). The minimum atomic E-state index is -0.525. The number of ether oxygens (including phenoxy) is 1. The minimum absolute atomic E-state index is 0.219. The van der Waals surface area contributed by atoms with Gasteiger partial charge < -0.3 is 10.1 Å². The molecule has 1 atom stereocenters. The van der Waals surface area contributed by atoms with Gasteiger partial charge in [0.1, 0.15) is 0 Å². The molecule has 0 saturated carbocycles. The van der Waals surface area contributed by atoms with Crippen molar-refractivity contribution in [1.29, 1.82) is 0 Å². The Labute approximate surface area is 132 Å². The van der Waals surface area contributed by atoms with Gasteiger partial charge in [0, 0.05) is 16.7 Å². The van der Waals surface area contributed by atoms with Crippen LogP contribution in [0.15, 0.2) is 40.0 Å². The number of hydrogen-bond acceptors (Lipinski definition) is 3. The van der Waals surface area contributed by atoms with Crippen molar-refractivity contribution in [3.63, 3.8) is 0 Å². The maximum Gasteiger partial charge on any atom is 0.337 e. The van der Waals surface area contributed by atoms with E-state index >= 15 is 0 Å². The van der Waals surface area contributed by atoms with Gasteiger partial charge in [-0.1, -0.05) is 34.1 Å². The number of carbonyl (C=O) groups excluding carboxylic acids is 2. The smallest absolute Gasteiger partial charge is 0.337 e. The summed E-state index contributed by atoms with van der Waals surface area (Å²) in [6.45, 7) is 4.11. The van der Waals surface area contributed by atoms with Gasteiger partial charge in [0.25, 0.3) is 0 Å². The van der Waals surface area contributed by atoms with Gasteiger partial charge in [-0.25, -0.2) is 9.59 Å². The Bertz CT molecular complexity index is 613. The van der Waals surface area contributed by atoms with E-state index in [-0.39, 0.29) is 6.03 Å². The van der Waals surface area contributed by atoms with E-state index < -0.39 is 12.0 Å². The molecule has 0 bridgehead atoms. The Morgan fingerprint density at radius 3 is 2.67 bits per heavy atom. The van der Waals surface area contributed by atoms with Gasteiger partial charge in [0.2, 0.25) is 0 Å². The molecule has 5 nitrogen and oxygen atoms in total. The molecule has 21 heavy (non-hydrogen) atoms. The molecule has 0 saturated heterocycles. The van der Waals surface area contributed by atoms with E-state index in [2.05, 4.69) is 21.2 Å². The predicted octanol–water partition coefficient (Wildman–Crippen LogP) is 2.98. The standard InChI is InChI=1S/C15H17BrN2O3/c1-4-18-9(2)12(14(19)21-3)13(17-15(18)20)10-7-5-6-8-11(10)16/h5-8,13H,4H2,1-3H3,(H,17,20)/t13-/m1/s1. The summed E-state index contributed by atoms with van der Waals surface area (Å²) in [5.74, 6) is -0.438. The largest absolute Gasteiger partial charge is 0.466 e. The highest BCUT2D eigenvalue weighted by Gasteiger charge is 2.36. The first-order chi connectivity index (χ1) is 10.0. The monoisotopic (exact) mass is 352 g/mol. The quantitative estimate of drug-likeness (QED) is 0.850. The number of allylic oxidation sites excluding steroid dienone is 1. The highest BCUT2D eigenvalue weighted by molar-refractivity contribution is 9.10. The van der Waals surface area contributed by atoms with E-state index in [9.17, 15) is 9.59 Å². The second-order valence-electron chi connectivity index (χ2n) is 4.64. The highest BCUT2D eigenvalue weighted by atomic mass is 79.9. The average molecular weight is 353 g/mol. The van der Waals surface area contributed by atoms with Crippen LogP contribution in [0.4, 0.5) is 4.79 Å². The summed E-state index contributed by atoms with van der Waals surface area (Å²) in [6, 6.07) is 6.74. The second kappa shape index (κ2) is 6.30. The normalized spacial score (nSPS) is 18.6. The van der Waals surface area contributed by atoms with Crippen LogP contribution in [0.25, 0.3) is 0 Å². The number of amides is 2. The van der Waals surface area contributed by atoms with Crippen LogP contribution in [0, 0.1) is 0 Å². The highest BCUT2D eigenvalue weighted by Crippen LogP contribution is 2.34. The Morgan fingerprint density at radius 2 is 2.10 bits per heavy atom. The topological polar surface area (TPSA) is 58.6 Å². The Kier molecular flexibility index (Phi) is 4.67. The van der Waals surface area contributed by atoms with Crippen molar-refractivity contribution in [2.75, 3.05) is 13.7 Å². The van der Waals surface area contributed by atoms with Crippen LogP contribution in [-0.2, 0) is 9.53 Å². The van der Waals surface area contributed by atoms with Crippen LogP contribution in [0.5, 0.6) is 0 Å². The van der Waals surface area contributed by atoms with Crippen molar-refractivity contribution < 1.29 is 14.3 Å². The van der Waals surface area contributed by atoms with E-state index in [1.807, 2.05) is 31.2 Å². The first kappa shape index (κ1) is 15.6. The summed E-state index contributed by atoms with van der Waals surface area (Å²) in [6.07, 6.45) is 0. The fourth-order valence-corrected chi connectivity index (χ4v) is 2.99. The zero-order chi connectivity index (χ0) is 15.6. The maximum absolute atomic E-state index is 12.2. The number of esters is 1. The molecule has 6 heteroatoms. The van der Waals surface area contributed by atoms with Crippen molar-refractivity contribution >= 4 is 27.9 Å². The van der Waals surface area contributed by atoms with Crippen molar-refractivity contribution in [2.24, 2.45) is 0 Å². The van der Waals surface area contributed by atoms with Crippen LogP contribution in [0.1, 0.15) is 25.5 Å². The number of halogens is 1. The first-order valence-corrected chi connectivity index (χ1v) is 7.42. The lowest BCUT2D eigenvalue weighted by molar-refractivity contribution is -0.136. The third-order valence-electron chi connectivity index (χ3n) is 3.53. The van der Waals surface area contributed by atoms with Gasteiger partial charge in [-0.05, 0) is 25.5 Å². The second-order valence-corrected chi connectivity index (χ2v) is 5.49. The lowest BCUT2D eigenvalue weighted by Crippen LogP contribution is -2.47. The van der Waals surface area contributed by atoms with Gasteiger partial charge in [-0.15, -0.1) is 0 Å². The molecule has 0 aliphatic carbocycles. The Balaban J connectivity index is 2.59. The molecular weight excluding hydrogens is 336 g/mol. The molecule has 112 valence electrons. The van der Waals surface area contributed by atoms with Gasteiger partial charge in [-0.3, -0.25) is 4.90 Å². The molecule has 1 aromatic carbocycles. The van der Waals surface area contributed by atoms with Crippen LogP contribution >= 0.6 is 15.9 Å². The van der Waals surface area contributed by atoms with Crippen molar-refractivity contribution in [1.82, 2.24) is 10.2 Å². The van der Waals surface area contributed by atoms with Crippen molar-refractivity contribution in [3.8, 4) is 0 Å². The molecule has 1 aliphatic heterocycles. The molecule has 2 amide bonds. The number of nitrogens with zero attached hydrogens (tertiary/aromatic N) is 1. The number of benzene rings is 1. The Hall–Kier alpha value is -1.82. The molecule has 0 unspecified atom stereocenters. The number of urea groups is 1. The summed E-state index contributed by atoms with van der Waals surface area (Å²) in [4.78, 5) is 25.9. The summed E-state index contributed by atoms with van der Waals surface area (Å²) in [5, 5.41) is 2.87. The molecular formula is C15H17BrN2O3. The van der Waals surface area contributed by atoms with E-state index in [1.54, 1.807) is 6.92 Å². The summed E-state index contributed by atoms with van der Waals surface area (Å²) in [5.41, 5.74) is 1.89. The molecule has 1 heterocycles. The fourth-order valence-electron chi connectivity index (χ4n) is 2.48. The zero-order valence-electron chi connectivity index (χ0n) is 12.1. The molecule has 1 aromatic rings. The van der Waals surface area contributed by atoms with Crippen molar-refractivity contribution in [3.05, 3.63) is 45.6 Å². The number of nitrogens with one attached hydrogen (secondary N) is 1. The van der Waals surface area contributed by atoms with E-state index in [4.69, 9.17) is 4.74 Å². The van der Waals surface area contributed by atoms with Crippen LogP contribution in [-0.4, -0.2) is 30.6 Å². The van der Waals surface area contributed by atoms with Crippen molar-refractivity contribution in [2.45, 2.75) is 19.9 Å². The van der Waals surface area contributed by atoms with E-state index in [1.165, 1.54) is 12.0 Å². The van der Waals surface area contributed by atoms with Gasteiger partial charge >= 0.3 is 12.0 Å². The predicted molar refractivity (Wildman–Crippen MR) is 82.5 cm³/mol. The zero-order valence-corrected chi connectivity index (χ0v) is 13.7. The number of hydrogen-bond donors (Lipinski definition) is 1. The average Bonchev–Trinajstić information content (AvgIpc) is 2.47. The molecule has 1 aliphatic rings. The van der Waals surface area contributed by atoms with Crippen LogP contribution in [0.3, 0.4) is 0 Å². The number of rotatable bonds is 3. The van der Waals surface area contributed by atoms with E-state index in [0.717, 1.165) is 10.0 Å². The van der Waals surface area contributed by atoms with Gasteiger partial charge in [-0.2, -0.15) is 0 Å². The number of carbonyl (C=O) groups is 2. The lowest BCUT2D eigenvalue weighted by atomic mass is 9.95. The third kappa shape index (κ3) is 2.81. The maximum atomic E-state index is 12.2. The molecule has 0 aromatic heterocycles. The van der Waals surface area contributed by atoms with Crippen LogP contribution in [0.2, 0.25) is 0 Å². The molecule has 1 N–H and O–H groups in total. The molecule has 0 radical (unpaired) electrons.